The van der Waals surface area contributed by atoms with Crippen LogP contribution >= 0.6 is 11.6 Å². The number of pyridine rings is 1. The smallest absolute Gasteiger partial charge is 0.256 e. The summed E-state index contributed by atoms with van der Waals surface area (Å²) in [7, 11) is 0. The van der Waals surface area contributed by atoms with Gasteiger partial charge in [-0.1, -0.05) is 17.7 Å². The van der Waals surface area contributed by atoms with Gasteiger partial charge in [-0.15, -0.1) is 0 Å². The molecule has 0 radical (unpaired) electrons. The number of hydrogen-bond donors (Lipinski definition) is 1. The van der Waals surface area contributed by atoms with Gasteiger partial charge in [0.2, 0.25) is 0 Å². The SMILES string of the molecule is NC1CCC2CN(C(=O)c3cc(Cl)cc4cccnc34)CC12. The first-order chi connectivity index (χ1) is 10.6. The molecular formula is C17H18ClN3O. The van der Waals surface area contributed by atoms with E-state index in [1.807, 2.05) is 23.1 Å². The number of nitrogens with zero attached hydrogens (tertiary/aromatic N) is 2. The third-order valence-corrected chi connectivity index (χ3v) is 5.32. The Morgan fingerprint density at radius 1 is 1.32 bits per heavy atom. The summed E-state index contributed by atoms with van der Waals surface area (Å²) in [5, 5.41) is 1.47. The third kappa shape index (κ3) is 2.18. The second-order valence-corrected chi connectivity index (χ2v) is 6.84. The fourth-order valence-corrected chi connectivity index (χ4v) is 4.19. The number of nitrogens with two attached hydrogens (primary N) is 1. The molecule has 2 heterocycles. The number of carbonyl (C=O) groups excluding carboxylic acids is 1. The summed E-state index contributed by atoms with van der Waals surface area (Å²) in [5.41, 5.74) is 7.48. The minimum absolute atomic E-state index is 0.0211. The second kappa shape index (κ2) is 5.21. The highest BCUT2D eigenvalue weighted by Crippen LogP contribution is 2.38. The predicted molar refractivity (Wildman–Crippen MR) is 86.8 cm³/mol. The van der Waals surface area contributed by atoms with Gasteiger partial charge >= 0.3 is 0 Å². The summed E-state index contributed by atoms with van der Waals surface area (Å²) in [6, 6.07) is 7.59. The summed E-state index contributed by atoms with van der Waals surface area (Å²) in [6.45, 7) is 1.56. The summed E-state index contributed by atoms with van der Waals surface area (Å²) in [6.07, 6.45) is 3.92. The lowest BCUT2D eigenvalue weighted by atomic mass is 9.98. The van der Waals surface area contributed by atoms with Crippen molar-refractivity contribution in [1.29, 1.82) is 0 Å². The highest BCUT2D eigenvalue weighted by atomic mass is 35.5. The first kappa shape index (κ1) is 14.0. The van der Waals surface area contributed by atoms with Gasteiger partial charge in [-0.3, -0.25) is 9.78 Å². The number of fused-ring (bicyclic) bond motifs is 2. The van der Waals surface area contributed by atoms with Crippen LogP contribution in [0.4, 0.5) is 0 Å². The number of halogens is 1. The van der Waals surface area contributed by atoms with E-state index in [0.717, 1.165) is 36.8 Å². The summed E-state index contributed by atoms with van der Waals surface area (Å²) >= 11 is 6.18. The molecule has 1 saturated carbocycles. The zero-order valence-electron chi connectivity index (χ0n) is 12.2. The molecule has 1 saturated heterocycles. The fraction of sp³-hybridized carbons (Fsp3) is 0.412. The van der Waals surface area contributed by atoms with Crippen molar-refractivity contribution in [2.24, 2.45) is 17.6 Å². The van der Waals surface area contributed by atoms with Gasteiger partial charge in [-0.2, -0.15) is 0 Å². The lowest BCUT2D eigenvalue weighted by Crippen LogP contribution is -2.33. The van der Waals surface area contributed by atoms with Crippen molar-refractivity contribution in [3.8, 4) is 0 Å². The van der Waals surface area contributed by atoms with Crippen LogP contribution in [0.25, 0.3) is 10.9 Å². The topological polar surface area (TPSA) is 59.2 Å². The number of hydrogen-bond acceptors (Lipinski definition) is 3. The van der Waals surface area contributed by atoms with Gasteiger partial charge in [0.05, 0.1) is 11.1 Å². The van der Waals surface area contributed by atoms with Crippen LogP contribution in [0.15, 0.2) is 30.5 Å². The van der Waals surface area contributed by atoms with Crippen molar-refractivity contribution in [2.75, 3.05) is 13.1 Å². The van der Waals surface area contributed by atoms with Crippen molar-refractivity contribution in [2.45, 2.75) is 18.9 Å². The molecule has 1 aliphatic heterocycles. The van der Waals surface area contributed by atoms with Crippen LogP contribution in [0, 0.1) is 11.8 Å². The van der Waals surface area contributed by atoms with Crippen molar-refractivity contribution < 1.29 is 4.79 Å². The number of likely N-dealkylation sites (tertiary alicyclic amines) is 1. The lowest BCUT2D eigenvalue weighted by Gasteiger charge is -2.19. The molecule has 2 aliphatic rings. The highest BCUT2D eigenvalue weighted by molar-refractivity contribution is 6.32. The van der Waals surface area contributed by atoms with E-state index in [9.17, 15) is 4.79 Å². The Hall–Kier alpha value is -1.65. The molecule has 0 spiro atoms. The van der Waals surface area contributed by atoms with E-state index in [-0.39, 0.29) is 11.9 Å². The molecule has 3 unspecified atom stereocenters. The largest absolute Gasteiger partial charge is 0.338 e. The van der Waals surface area contributed by atoms with Crippen LogP contribution in [0.5, 0.6) is 0 Å². The zero-order valence-corrected chi connectivity index (χ0v) is 13.0. The molecule has 1 amide bonds. The number of aromatic nitrogens is 1. The van der Waals surface area contributed by atoms with E-state index in [0.29, 0.717) is 22.4 Å². The first-order valence-corrected chi connectivity index (χ1v) is 8.10. The molecule has 1 aromatic heterocycles. The lowest BCUT2D eigenvalue weighted by molar-refractivity contribution is 0.0781. The average molecular weight is 316 g/mol. The Morgan fingerprint density at radius 3 is 3.00 bits per heavy atom. The van der Waals surface area contributed by atoms with Crippen molar-refractivity contribution >= 4 is 28.4 Å². The quantitative estimate of drug-likeness (QED) is 0.880. The molecule has 2 aromatic rings. The van der Waals surface area contributed by atoms with E-state index in [1.54, 1.807) is 12.3 Å². The van der Waals surface area contributed by atoms with E-state index >= 15 is 0 Å². The van der Waals surface area contributed by atoms with Gasteiger partial charge < -0.3 is 10.6 Å². The highest BCUT2D eigenvalue weighted by Gasteiger charge is 2.42. The van der Waals surface area contributed by atoms with E-state index in [1.165, 1.54) is 0 Å². The van der Waals surface area contributed by atoms with E-state index in [4.69, 9.17) is 17.3 Å². The maximum atomic E-state index is 12.9. The van der Waals surface area contributed by atoms with Gasteiger partial charge in [0.1, 0.15) is 0 Å². The molecule has 1 aliphatic carbocycles. The van der Waals surface area contributed by atoms with E-state index < -0.39 is 0 Å². The van der Waals surface area contributed by atoms with Crippen LogP contribution in [0.1, 0.15) is 23.2 Å². The summed E-state index contributed by atoms with van der Waals surface area (Å²) in [4.78, 5) is 19.2. The predicted octanol–water partition coefficient (Wildman–Crippen LogP) is 2.70. The number of benzene rings is 1. The van der Waals surface area contributed by atoms with E-state index in [2.05, 4.69) is 4.98 Å². The number of carbonyl (C=O) groups is 1. The molecule has 5 heteroatoms. The Labute approximate surface area is 134 Å². The monoisotopic (exact) mass is 315 g/mol. The van der Waals surface area contributed by atoms with Gasteiger partial charge in [-0.05, 0) is 42.9 Å². The van der Waals surface area contributed by atoms with Crippen molar-refractivity contribution in [3.63, 3.8) is 0 Å². The van der Waals surface area contributed by atoms with Gasteiger partial charge in [-0.25, -0.2) is 0 Å². The van der Waals surface area contributed by atoms with Crippen molar-refractivity contribution in [1.82, 2.24) is 9.88 Å². The van der Waals surface area contributed by atoms with Gasteiger partial charge in [0.25, 0.3) is 5.91 Å². The van der Waals surface area contributed by atoms with Crippen LogP contribution in [-0.4, -0.2) is 34.9 Å². The molecule has 3 atom stereocenters. The molecule has 0 bridgehead atoms. The molecule has 114 valence electrons. The van der Waals surface area contributed by atoms with Crippen LogP contribution in [0.2, 0.25) is 5.02 Å². The van der Waals surface area contributed by atoms with Crippen LogP contribution in [0.3, 0.4) is 0 Å². The normalized spacial score (nSPS) is 27.4. The first-order valence-electron chi connectivity index (χ1n) is 7.72. The van der Waals surface area contributed by atoms with Gasteiger partial charge in [0, 0.05) is 35.7 Å². The van der Waals surface area contributed by atoms with Crippen LogP contribution < -0.4 is 5.73 Å². The standard InChI is InChI=1S/C17H18ClN3O/c18-12-6-10-2-1-5-20-16(10)13(7-12)17(22)21-8-11-3-4-15(19)14(11)9-21/h1-2,5-7,11,14-15H,3-4,8-9,19H2. The third-order valence-electron chi connectivity index (χ3n) is 5.10. The minimum Gasteiger partial charge on any atom is -0.338 e. The Morgan fingerprint density at radius 2 is 2.18 bits per heavy atom. The maximum absolute atomic E-state index is 12.9. The second-order valence-electron chi connectivity index (χ2n) is 6.40. The molecule has 22 heavy (non-hydrogen) atoms. The molecule has 4 nitrogen and oxygen atoms in total. The zero-order chi connectivity index (χ0) is 15.3. The Balaban J connectivity index is 1.69. The molecule has 1 aromatic carbocycles. The van der Waals surface area contributed by atoms with Crippen LogP contribution in [-0.2, 0) is 0 Å². The van der Waals surface area contributed by atoms with Gasteiger partial charge in [0.15, 0.2) is 0 Å². The molecule has 4 rings (SSSR count). The minimum atomic E-state index is 0.0211. The summed E-state index contributed by atoms with van der Waals surface area (Å²) in [5.74, 6) is 1.02. The fourth-order valence-electron chi connectivity index (χ4n) is 3.96. The molecule has 2 fully saturated rings. The molecule has 2 N–H and O–H groups in total. The molecular weight excluding hydrogens is 298 g/mol. The average Bonchev–Trinajstić information content (AvgIpc) is 3.08. The summed E-state index contributed by atoms with van der Waals surface area (Å²) < 4.78 is 0. The Kier molecular flexibility index (Phi) is 3.31. The number of rotatable bonds is 1. The maximum Gasteiger partial charge on any atom is 0.256 e. The number of amides is 1. The Bertz CT molecular complexity index is 748. The van der Waals surface area contributed by atoms with Crippen molar-refractivity contribution in [3.05, 3.63) is 41.0 Å².